The number of amides is 2. The van der Waals surface area contributed by atoms with Gasteiger partial charge in [0, 0.05) is 31.3 Å². The van der Waals surface area contributed by atoms with Crippen LogP contribution in [0.25, 0.3) is 0 Å². The lowest BCUT2D eigenvalue weighted by molar-refractivity contribution is -0.138. The standard InChI is InChI=1S/C18H22N4O3/c1-11-8-10-25-17(11)18(24)20-13-5-6-15(23)22(12-3-4-12)16(13)14-7-9-19-21(14)2/h7-10,12-13,16H,3-6H2,1-2H3,(H,20,24)/t13-,16-/m1/s1. The lowest BCUT2D eigenvalue weighted by Crippen LogP contribution is -2.53. The van der Waals surface area contributed by atoms with E-state index >= 15 is 0 Å². The van der Waals surface area contributed by atoms with Crippen LogP contribution in [0.15, 0.2) is 29.0 Å². The van der Waals surface area contributed by atoms with Gasteiger partial charge >= 0.3 is 0 Å². The van der Waals surface area contributed by atoms with E-state index in [0.717, 1.165) is 24.1 Å². The molecule has 25 heavy (non-hydrogen) atoms. The van der Waals surface area contributed by atoms with Gasteiger partial charge in [0.05, 0.1) is 24.0 Å². The Hall–Kier alpha value is -2.57. The van der Waals surface area contributed by atoms with Gasteiger partial charge in [-0.1, -0.05) is 0 Å². The summed E-state index contributed by atoms with van der Waals surface area (Å²) in [6.45, 7) is 1.85. The van der Waals surface area contributed by atoms with E-state index in [1.165, 1.54) is 6.26 Å². The molecule has 2 fully saturated rings. The van der Waals surface area contributed by atoms with Gasteiger partial charge in [0.25, 0.3) is 5.91 Å². The first-order valence-electron chi connectivity index (χ1n) is 8.70. The highest BCUT2D eigenvalue weighted by Crippen LogP contribution is 2.40. The number of hydrogen-bond donors (Lipinski definition) is 1. The summed E-state index contributed by atoms with van der Waals surface area (Å²) in [4.78, 5) is 27.2. The molecule has 0 unspecified atom stereocenters. The van der Waals surface area contributed by atoms with E-state index in [1.807, 2.05) is 24.9 Å². The smallest absolute Gasteiger partial charge is 0.287 e. The number of aryl methyl sites for hydroxylation is 2. The minimum Gasteiger partial charge on any atom is -0.459 e. The molecule has 2 aliphatic rings. The molecule has 0 spiro atoms. The van der Waals surface area contributed by atoms with Crippen molar-refractivity contribution in [2.24, 2.45) is 7.05 Å². The van der Waals surface area contributed by atoms with E-state index in [2.05, 4.69) is 10.4 Å². The quantitative estimate of drug-likeness (QED) is 0.921. The Morgan fingerprint density at radius 3 is 2.72 bits per heavy atom. The van der Waals surface area contributed by atoms with Crippen molar-refractivity contribution in [1.82, 2.24) is 20.0 Å². The molecule has 4 rings (SSSR count). The van der Waals surface area contributed by atoms with Crippen molar-refractivity contribution in [2.45, 2.75) is 50.7 Å². The largest absolute Gasteiger partial charge is 0.459 e. The number of rotatable bonds is 4. The van der Waals surface area contributed by atoms with Crippen LogP contribution in [-0.2, 0) is 11.8 Å². The molecule has 1 aliphatic heterocycles. The first-order chi connectivity index (χ1) is 12.1. The summed E-state index contributed by atoms with van der Waals surface area (Å²) in [5.74, 6) is 0.261. The molecule has 7 nitrogen and oxygen atoms in total. The molecule has 1 saturated heterocycles. The number of carbonyl (C=O) groups is 2. The molecule has 0 bridgehead atoms. The molecule has 1 saturated carbocycles. The van der Waals surface area contributed by atoms with Crippen molar-refractivity contribution < 1.29 is 14.0 Å². The van der Waals surface area contributed by atoms with Crippen LogP contribution in [0.1, 0.15) is 53.5 Å². The maximum absolute atomic E-state index is 12.6. The van der Waals surface area contributed by atoms with E-state index in [4.69, 9.17) is 4.42 Å². The molecule has 1 N–H and O–H groups in total. The van der Waals surface area contributed by atoms with Crippen LogP contribution >= 0.6 is 0 Å². The Labute approximate surface area is 146 Å². The average molecular weight is 342 g/mol. The van der Waals surface area contributed by atoms with Crippen molar-refractivity contribution in [3.8, 4) is 0 Å². The Kier molecular flexibility index (Phi) is 3.86. The molecule has 1 aliphatic carbocycles. The molecule has 132 valence electrons. The van der Waals surface area contributed by atoms with Gasteiger partial charge in [0.1, 0.15) is 0 Å². The molecule has 2 atom stereocenters. The highest BCUT2D eigenvalue weighted by atomic mass is 16.3. The summed E-state index contributed by atoms with van der Waals surface area (Å²) < 4.78 is 7.10. The number of furan rings is 1. The first-order valence-corrected chi connectivity index (χ1v) is 8.70. The summed E-state index contributed by atoms with van der Waals surface area (Å²) in [7, 11) is 1.87. The number of nitrogens with zero attached hydrogens (tertiary/aromatic N) is 3. The SMILES string of the molecule is Cc1ccoc1C(=O)N[C@@H]1CCC(=O)N(C2CC2)[C@H]1c1ccnn1C. The third-order valence-corrected chi connectivity index (χ3v) is 5.12. The predicted molar refractivity (Wildman–Crippen MR) is 89.8 cm³/mol. The zero-order valence-electron chi connectivity index (χ0n) is 14.4. The third kappa shape index (κ3) is 2.83. The van der Waals surface area contributed by atoms with Crippen molar-refractivity contribution in [3.05, 3.63) is 41.6 Å². The number of aromatic nitrogens is 2. The van der Waals surface area contributed by atoms with Crippen LogP contribution in [0.5, 0.6) is 0 Å². The van der Waals surface area contributed by atoms with Gasteiger partial charge in [-0.25, -0.2) is 0 Å². The molecule has 0 aromatic carbocycles. The number of hydrogen-bond acceptors (Lipinski definition) is 4. The van der Waals surface area contributed by atoms with Crippen LogP contribution < -0.4 is 5.32 Å². The van der Waals surface area contributed by atoms with Gasteiger partial charge in [-0.2, -0.15) is 5.10 Å². The molecule has 7 heteroatoms. The highest BCUT2D eigenvalue weighted by Gasteiger charge is 2.45. The molecule has 2 aromatic rings. The van der Waals surface area contributed by atoms with Crippen LogP contribution in [0.3, 0.4) is 0 Å². The fourth-order valence-electron chi connectivity index (χ4n) is 3.71. The molecule has 2 amide bonds. The van der Waals surface area contributed by atoms with Crippen molar-refractivity contribution in [3.63, 3.8) is 0 Å². The molecule has 2 aromatic heterocycles. The van der Waals surface area contributed by atoms with Crippen LogP contribution in [0.4, 0.5) is 0 Å². The fourth-order valence-corrected chi connectivity index (χ4v) is 3.71. The summed E-state index contributed by atoms with van der Waals surface area (Å²) in [6.07, 6.45) is 6.37. The van der Waals surface area contributed by atoms with Crippen LogP contribution in [0.2, 0.25) is 0 Å². The maximum Gasteiger partial charge on any atom is 0.287 e. The zero-order valence-corrected chi connectivity index (χ0v) is 14.4. The topological polar surface area (TPSA) is 80.4 Å². The molecule has 0 radical (unpaired) electrons. The van der Waals surface area contributed by atoms with Crippen LogP contribution in [0, 0.1) is 6.92 Å². The van der Waals surface area contributed by atoms with Gasteiger partial charge in [-0.05, 0) is 38.3 Å². The summed E-state index contributed by atoms with van der Waals surface area (Å²) in [5.41, 5.74) is 1.75. The van der Waals surface area contributed by atoms with E-state index in [0.29, 0.717) is 18.6 Å². The second-order valence-corrected chi connectivity index (χ2v) is 6.91. The van der Waals surface area contributed by atoms with Gasteiger partial charge < -0.3 is 14.6 Å². The molecular formula is C18H22N4O3. The Morgan fingerprint density at radius 1 is 1.32 bits per heavy atom. The lowest BCUT2D eigenvalue weighted by atomic mass is 9.92. The van der Waals surface area contributed by atoms with Crippen LogP contribution in [-0.4, -0.2) is 38.6 Å². The minimum atomic E-state index is -0.232. The third-order valence-electron chi connectivity index (χ3n) is 5.12. The Morgan fingerprint density at radius 2 is 2.12 bits per heavy atom. The number of carbonyl (C=O) groups excluding carboxylic acids is 2. The monoisotopic (exact) mass is 342 g/mol. The van der Waals surface area contributed by atoms with Gasteiger partial charge in [0.2, 0.25) is 5.91 Å². The van der Waals surface area contributed by atoms with Gasteiger partial charge in [-0.15, -0.1) is 0 Å². The maximum atomic E-state index is 12.6. The summed E-state index contributed by atoms with van der Waals surface area (Å²) in [5, 5.41) is 7.35. The van der Waals surface area contributed by atoms with E-state index in [9.17, 15) is 9.59 Å². The molecular weight excluding hydrogens is 320 g/mol. The Balaban J connectivity index is 1.65. The van der Waals surface area contributed by atoms with Gasteiger partial charge in [-0.3, -0.25) is 14.3 Å². The fraction of sp³-hybridized carbons (Fsp3) is 0.500. The zero-order chi connectivity index (χ0) is 17.6. The number of nitrogens with one attached hydrogen (secondary N) is 1. The first kappa shape index (κ1) is 15.9. The average Bonchev–Trinajstić information content (AvgIpc) is 3.19. The molecule has 3 heterocycles. The second-order valence-electron chi connectivity index (χ2n) is 6.91. The minimum absolute atomic E-state index is 0.161. The predicted octanol–water partition coefficient (Wildman–Crippen LogP) is 1.95. The number of piperidine rings is 1. The van der Waals surface area contributed by atoms with E-state index in [1.54, 1.807) is 16.9 Å². The lowest BCUT2D eigenvalue weighted by Gasteiger charge is -2.41. The highest BCUT2D eigenvalue weighted by molar-refractivity contribution is 5.93. The summed E-state index contributed by atoms with van der Waals surface area (Å²) >= 11 is 0. The van der Waals surface area contributed by atoms with E-state index < -0.39 is 0 Å². The summed E-state index contributed by atoms with van der Waals surface area (Å²) in [6, 6.07) is 3.62. The van der Waals surface area contributed by atoms with Gasteiger partial charge in [0.15, 0.2) is 5.76 Å². The second kappa shape index (κ2) is 6.06. The van der Waals surface area contributed by atoms with Crippen molar-refractivity contribution >= 4 is 11.8 Å². The van der Waals surface area contributed by atoms with Crippen molar-refractivity contribution in [1.29, 1.82) is 0 Å². The Bertz CT molecular complexity index is 805. The normalized spacial score (nSPS) is 23.8. The number of likely N-dealkylation sites (tertiary alicyclic amines) is 1. The van der Waals surface area contributed by atoms with E-state index in [-0.39, 0.29) is 29.9 Å². The van der Waals surface area contributed by atoms with Crippen molar-refractivity contribution in [2.75, 3.05) is 0 Å².